The molecule has 3 nitrogen and oxygen atoms in total. The third-order valence-corrected chi connectivity index (χ3v) is 11.9. The van der Waals surface area contributed by atoms with Gasteiger partial charge in [-0.05, 0) is 94.0 Å². The topological polar surface area (TPSA) is 41.9 Å². The summed E-state index contributed by atoms with van der Waals surface area (Å²) in [7, 11) is 0. The Morgan fingerprint density at radius 2 is 1.00 bits per heavy atom. The van der Waals surface area contributed by atoms with Gasteiger partial charge in [-0.15, -0.1) is 11.3 Å². The van der Waals surface area contributed by atoms with Gasteiger partial charge in [0.1, 0.15) is 17.2 Å². The third kappa shape index (κ3) is 4.58. The van der Waals surface area contributed by atoms with Crippen LogP contribution < -0.4 is 0 Å². The van der Waals surface area contributed by atoms with Gasteiger partial charge in [-0.3, -0.25) is 0 Å². The van der Waals surface area contributed by atoms with Gasteiger partial charge < -0.3 is 8.98 Å². The molecule has 4 heteroatoms. The van der Waals surface area contributed by atoms with Crippen LogP contribution in [0, 0.1) is 11.3 Å². The zero-order valence-corrected chi connectivity index (χ0v) is 29.2. The van der Waals surface area contributed by atoms with Gasteiger partial charge in [-0.25, -0.2) is 0 Å². The van der Waals surface area contributed by atoms with Crippen LogP contribution in [0.2, 0.25) is 0 Å². The van der Waals surface area contributed by atoms with Crippen molar-refractivity contribution in [3.05, 3.63) is 175 Å². The van der Waals surface area contributed by atoms with Crippen LogP contribution in [0.1, 0.15) is 5.56 Å². The molecule has 0 aliphatic carbocycles. The van der Waals surface area contributed by atoms with Gasteiger partial charge in [-0.1, -0.05) is 109 Å². The summed E-state index contributed by atoms with van der Waals surface area (Å²) in [4.78, 5) is 0. The van der Waals surface area contributed by atoms with Crippen molar-refractivity contribution in [2.75, 3.05) is 0 Å². The summed E-state index contributed by atoms with van der Waals surface area (Å²) in [5, 5.41) is 17.3. The SMILES string of the molecule is N#Cc1cc(-c2ccc3c(c2)oc2ccccc23)cc2c1sc1c(-n3c4ccc(-c5ccccc5)cc4c4cc(-c5ccccc5)ccc43)cccc12. The van der Waals surface area contributed by atoms with Crippen molar-refractivity contribution >= 4 is 75.3 Å². The summed E-state index contributed by atoms with van der Waals surface area (Å²) in [5.41, 5.74) is 12.6. The van der Waals surface area contributed by atoms with E-state index < -0.39 is 0 Å². The van der Waals surface area contributed by atoms with Gasteiger partial charge >= 0.3 is 0 Å². The Labute approximate surface area is 308 Å². The minimum absolute atomic E-state index is 0.677. The van der Waals surface area contributed by atoms with E-state index in [9.17, 15) is 5.26 Å². The molecular weight excluding hydrogens is 665 g/mol. The molecule has 0 radical (unpaired) electrons. The van der Waals surface area contributed by atoms with Crippen molar-refractivity contribution in [1.29, 1.82) is 5.26 Å². The molecule has 0 fully saturated rings. The number of fused-ring (bicyclic) bond motifs is 9. The van der Waals surface area contributed by atoms with Gasteiger partial charge in [0, 0.05) is 32.3 Å². The Balaban J connectivity index is 1.14. The average molecular weight is 693 g/mol. The van der Waals surface area contributed by atoms with Gasteiger partial charge in [0.2, 0.25) is 0 Å². The maximum Gasteiger partial charge on any atom is 0.136 e. The van der Waals surface area contributed by atoms with E-state index in [1.807, 2.05) is 24.3 Å². The quantitative estimate of drug-likeness (QED) is 0.184. The first-order chi connectivity index (χ1) is 26.2. The second kappa shape index (κ2) is 11.5. The van der Waals surface area contributed by atoms with E-state index in [0.29, 0.717) is 5.56 Å². The molecular formula is C49H28N2OS. The fourth-order valence-electron chi connectivity index (χ4n) is 8.12. The molecule has 11 rings (SSSR count). The van der Waals surface area contributed by atoms with Crippen molar-refractivity contribution < 1.29 is 4.42 Å². The van der Waals surface area contributed by atoms with E-state index in [2.05, 4.69) is 156 Å². The van der Waals surface area contributed by atoms with E-state index in [0.717, 1.165) is 70.0 Å². The van der Waals surface area contributed by atoms with Crippen LogP contribution in [0.5, 0.6) is 0 Å². The number of hydrogen-bond acceptors (Lipinski definition) is 3. The molecule has 0 spiro atoms. The molecule has 3 heterocycles. The maximum atomic E-state index is 10.5. The molecule has 3 aromatic heterocycles. The standard InChI is InChI=1S/C49H28N2OS/c50-29-36-24-35(34-18-21-38-37-14-7-8-17-46(37)52-47(38)28-34)27-42-39-15-9-16-45(49(39)53-48(36)42)51-43-22-19-32(30-10-3-1-4-11-30)25-40(43)41-26-33(20-23-44(41)51)31-12-5-2-6-13-31/h1-28H. The highest BCUT2D eigenvalue weighted by Gasteiger charge is 2.20. The summed E-state index contributed by atoms with van der Waals surface area (Å²) >= 11 is 1.70. The van der Waals surface area contributed by atoms with Crippen LogP contribution in [0.4, 0.5) is 0 Å². The lowest BCUT2D eigenvalue weighted by Gasteiger charge is -2.10. The number of aromatic nitrogens is 1. The lowest BCUT2D eigenvalue weighted by molar-refractivity contribution is 0.669. The fraction of sp³-hybridized carbons (Fsp3) is 0. The van der Waals surface area contributed by atoms with Crippen molar-refractivity contribution in [2.24, 2.45) is 0 Å². The van der Waals surface area contributed by atoms with Crippen molar-refractivity contribution in [2.45, 2.75) is 0 Å². The zero-order chi connectivity index (χ0) is 35.0. The Hall–Kier alpha value is -6.93. The minimum atomic E-state index is 0.677. The molecule has 0 saturated carbocycles. The number of rotatable bonds is 4. The lowest BCUT2D eigenvalue weighted by Crippen LogP contribution is -1.94. The maximum absolute atomic E-state index is 10.5. The first kappa shape index (κ1) is 29.8. The highest BCUT2D eigenvalue weighted by molar-refractivity contribution is 7.26. The predicted octanol–water partition coefficient (Wildman–Crippen LogP) is 13.9. The van der Waals surface area contributed by atoms with Crippen LogP contribution in [0.25, 0.3) is 103 Å². The monoisotopic (exact) mass is 692 g/mol. The van der Waals surface area contributed by atoms with Crippen molar-refractivity contribution in [3.63, 3.8) is 0 Å². The largest absolute Gasteiger partial charge is 0.456 e. The zero-order valence-electron chi connectivity index (χ0n) is 28.4. The van der Waals surface area contributed by atoms with Crippen LogP contribution in [-0.4, -0.2) is 4.57 Å². The second-order valence-electron chi connectivity index (χ2n) is 13.6. The van der Waals surface area contributed by atoms with Gasteiger partial charge in [0.25, 0.3) is 0 Å². The van der Waals surface area contributed by atoms with Crippen LogP contribution in [0.15, 0.2) is 174 Å². The Kier molecular flexibility index (Phi) is 6.48. The lowest BCUT2D eigenvalue weighted by atomic mass is 9.98. The van der Waals surface area contributed by atoms with Crippen LogP contribution in [-0.2, 0) is 0 Å². The smallest absolute Gasteiger partial charge is 0.136 e. The predicted molar refractivity (Wildman–Crippen MR) is 222 cm³/mol. The van der Waals surface area contributed by atoms with Crippen LogP contribution >= 0.6 is 11.3 Å². The number of nitrogens with zero attached hydrogens (tertiary/aromatic N) is 2. The Bertz CT molecular complexity index is 3190. The normalized spacial score (nSPS) is 11.8. The van der Waals surface area contributed by atoms with Gasteiger partial charge in [0.05, 0.1) is 31.7 Å². The highest BCUT2D eigenvalue weighted by Crippen LogP contribution is 2.45. The summed E-state index contributed by atoms with van der Waals surface area (Å²) < 4.78 is 10.8. The summed E-state index contributed by atoms with van der Waals surface area (Å²) in [6.07, 6.45) is 0. The fourth-order valence-corrected chi connectivity index (χ4v) is 9.37. The molecule has 0 bridgehead atoms. The molecule has 8 aromatic carbocycles. The molecule has 0 aliphatic rings. The number of furan rings is 1. The average Bonchev–Trinajstić information content (AvgIpc) is 3.90. The molecule has 0 saturated heterocycles. The molecule has 0 N–H and O–H groups in total. The van der Waals surface area contributed by atoms with E-state index in [4.69, 9.17) is 4.42 Å². The van der Waals surface area contributed by atoms with Crippen LogP contribution in [0.3, 0.4) is 0 Å². The molecule has 246 valence electrons. The summed E-state index contributed by atoms with van der Waals surface area (Å²) in [6, 6.07) is 62.7. The molecule has 0 aliphatic heterocycles. The number of benzene rings is 8. The molecule has 53 heavy (non-hydrogen) atoms. The first-order valence-corrected chi connectivity index (χ1v) is 18.5. The van der Waals surface area contributed by atoms with Gasteiger partial charge in [0.15, 0.2) is 0 Å². The molecule has 0 amide bonds. The molecule has 0 atom stereocenters. The van der Waals surface area contributed by atoms with E-state index in [1.54, 1.807) is 11.3 Å². The van der Waals surface area contributed by atoms with Crippen molar-refractivity contribution in [3.8, 4) is 45.1 Å². The third-order valence-electron chi connectivity index (χ3n) is 10.6. The number of thiophene rings is 1. The number of nitriles is 1. The van der Waals surface area contributed by atoms with Gasteiger partial charge in [-0.2, -0.15) is 5.26 Å². The Morgan fingerprint density at radius 1 is 0.415 bits per heavy atom. The first-order valence-electron chi connectivity index (χ1n) is 17.7. The summed E-state index contributed by atoms with van der Waals surface area (Å²) in [5.74, 6) is 0. The molecule has 11 aromatic rings. The number of para-hydroxylation sites is 1. The van der Waals surface area contributed by atoms with E-state index in [1.165, 1.54) is 33.0 Å². The Morgan fingerprint density at radius 3 is 1.70 bits per heavy atom. The second-order valence-corrected chi connectivity index (χ2v) is 14.6. The molecule has 0 unspecified atom stereocenters. The summed E-state index contributed by atoms with van der Waals surface area (Å²) in [6.45, 7) is 0. The highest BCUT2D eigenvalue weighted by atomic mass is 32.1. The van der Waals surface area contributed by atoms with E-state index >= 15 is 0 Å². The van der Waals surface area contributed by atoms with E-state index in [-0.39, 0.29) is 0 Å². The minimum Gasteiger partial charge on any atom is -0.456 e. The van der Waals surface area contributed by atoms with Crippen molar-refractivity contribution in [1.82, 2.24) is 4.57 Å². The number of hydrogen-bond donors (Lipinski definition) is 0.